The van der Waals surface area contributed by atoms with E-state index in [1.165, 1.54) is 12.1 Å². The van der Waals surface area contributed by atoms with E-state index in [1.54, 1.807) is 33.8 Å². The highest BCUT2D eigenvalue weighted by Crippen LogP contribution is 2.30. The lowest BCUT2D eigenvalue weighted by Crippen LogP contribution is -2.37. The van der Waals surface area contributed by atoms with Crippen molar-refractivity contribution < 1.29 is 47.6 Å². The fraction of sp³-hybridized carbons (Fsp3) is 0.655. The first-order valence-electron chi connectivity index (χ1n) is 13.8. The molecule has 1 aromatic rings. The van der Waals surface area contributed by atoms with Crippen molar-refractivity contribution in [1.29, 1.82) is 0 Å². The van der Waals surface area contributed by atoms with Crippen LogP contribution in [0.3, 0.4) is 0 Å². The Hall–Kier alpha value is -3.34. The van der Waals surface area contributed by atoms with Crippen molar-refractivity contribution in [3.63, 3.8) is 0 Å². The number of carbonyl (C=O) groups is 4. The van der Waals surface area contributed by atoms with Crippen LogP contribution in [0.1, 0.15) is 85.6 Å². The van der Waals surface area contributed by atoms with Gasteiger partial charge in [-0.1, -0.05) is 45.6 Å². The average molecular weight is 568 g/mol. The third-order valence-corrected chi connectivity index (χ3v) is 5.47. The molecule has 0 aliphatic carbocycles. The number of ether oxygens (including phenoxy) is 6. The van der Waals surface area contributed by atoms with Crippen molar-refractivity contribution in [2.75, 3.05) is 19.8 Å². The van der Waals surface area contributed by atoms with Gasteiger partial charge in [-0.15, -0.1) is 0 Å². The lowest BCUT2D eigenvalue weighted by molar-refractivity contribution is -0.165. The second-order valence-corrected chi connectivity index (χ2v) is 10.5. The summed E-state index contributed by atoms with van der Waals surface area (Å²) < 4.78 is 31.2. The third kappa shape index (κ3) is 14.2. The topological polar surface area (TPSA) is 150 Å². The molecule has 40 heavy (non-hydrogen) atoms. The molecule has 0 saturated carbocycles. The van der Waals surface area contributed by atoms with Gasteiger partial charge in [0.25, 0.3) is 0 Å². The molecule has 226 valence electrons. The van der Waals surface area contributed by atoms with Crippen molar-refractivity contribution in [3.05, 3.63) is 23.8 Å². The van der Waals surface area contributed by atoms with Crippen LogP contribution in [0.5, 0.6) is 11.5 Å². The molecule has 0 bridgehead atoms. The van der Waals surface area contributed by atoms with E-state index < -0.39 is 41.8 Å². The van der Waals surface area contributed by atoms with Crippen LogP contribution in [0.25, 0.3) is 0 Å². The molecule has 0 unspecified atom stereocenters. The normalized spacial score (nSPS) is 12.6. The van der Waals surface area contributed by atoms with Crippen molar-refractivity contribution in [2.24, 2.45) is 11.1 Å². The van der Waals surface area contributed by atoms with Gasteiger partial charge in [0.1, 0.15) is 18.8 Å². The Morgan fingerprint density at radius 1 is 0.825 bits per heavy atom. The molecule has 0 aliphatic heterocycles. The molecular weight excluding hydrogens is 522 g/mol. The van der Waals surface area contributed by atoms with Crippen LogP contribution in [0.4, 0.5) is 9.59 Å². The highest BCUT2D eigenvalue weighted by atomic mass is 16.7. The molecule has 1 aromatic carbocycles. The van der Waals surface area contributed by atoms with Crippen molar-refractivity contribution >= 4 is 24.2 Å². The van der Waals surface area contributed by atoms with E-state index in [0.717, 1.165) is 25.7 Å². The molecule has 0 aromatic heterocycles. The van der Waals surface area contributed by atoms with Gasteiger partial charge in [0.2, 0.25) is 0 Å². The van der Waals surface area contributed by atoms with Crippen LogP contribution in [-0.2, 0) is 35.0 Å². The average Bonchev–Trinajstić information content (AvgIpc) is 2.88. The predicted octanol–water partition coefficient (Wildman–Crippen LogP) is 5.49. The van der Waals surface area contributed by atoms with Crippen LogP contribution in [-0.4, -0.2) is 56.2 Å². The zero-order chi connectivity index (χ0) is 30.1. The van der Waals surface area contributed by atoms with E-state index in [0.29, 0.717) is 18.4 Å². The van der Waals surface area contributed by atoms with Gasteiger partial charge < -0.3 is 34.2 Å². The number of hydrogen-bond acceptors (Lipinski definition) is 11. The molecular formula is C29H45NO10. The number of nitrogens with two attached hydrogens (primary N) is 1. The molecule has 0 heterocycles. The van der Waals surface area contributed by atoms with Crippen molar-refractivity contribution in [2.45, 2.75) is 98.6 Å². The monoisotopic (exact) mass is 567 g/mol. The molecule has 11 nitrogen and oxygen atoms in total. The maximum Gasteiger partial charge on any atom is 0.513 e. The third-order valence-electron chi connectivity index (χ3n) is 5.47. The first kappa shape index (κ1) is 34.7. The molecule has 0 saturated heterocycles. The minimum absolute atomic E-state index is 0.0264. The van der Waals surface area contributed by atoms with Crippen molar-refractivity contribution in [3.8, 4) is 11.5 Å². The van der Waals surface area contributed by atoms with E-state index in [2.05, 4.69) is 0 Å². The van der Waals surface area contributed by atoms with Gasteiger partial charge in [-0.25, -0.2) is 9.59 Å². The smallest absolute Gasteiger partial charge is 0.461 e. The van der Waals surface area contributed by atoms with E-state index in [1.807, 2.05) is 13.8 Å². The number of carbonyl (C=O) groups excluding carboxylic acids is 4. The maximum absolute atomic E-state index is 12.4. The van der Waals surface area contributed by atoms with Crippen LogP contribution in [0, 0.1) is 5.41 Å². The minimum Gasteiger partial charge on any atom is -0.461 e. The molecule has 1 rings (SSSR count). The summed E-state index contributed by atoms with van der Waals surface area (Å²) in [7, 11) is 0. The zero-order valence-electron chi connectivity index (χ0n) is 24.6. The summed E-state index contributed by atoms with van der Waals surface area (Å²) >= 11 is 0. The Balaban J connectivity index is 2.85. The molecule has 0 radical (unpaired) electrons. The minimum atomic E-state index is -1.06. The van der Waals surface area contributed by atoms with Crippen molar-refractivity contribution in [1.82, 2.24) is 0 Å². The Morgan fingerprint density at radius 3 is 1.90 bits per heavy atom. The van der Waals surface area contributed by atoms with Gasteiger partial charge in [0.15, 0.2) is 11.5 Å². The van der Waals surface area contributed by atoms with Gasteiger partial charge in [-0.05, 0) is 64.7 Å². The number of esters is 2. The lowest BCUT2D eigenvalue weighted by Gasteiger charge is -2.21. The van der Waals surface area contributed by atoms with E-state index in [4.69, 9.17) is 34.2 Å². The summed E-state index contributed by atoms with van der Waals surface area (Å²) in [6, 6.07) is 3.34. The Morgan fingerprint density at radius 2 is 1.38 bits per heavy atom. The fourth-order valence-electron chi connectivity index (χ4n) is 3.13. The zero-order valence-corrected chi connectivity index (χ0v) is 24.6. The molecule has 0 spiro atoms. The highest BCUT2D eigenvalue weighted by molar-refractivity contribution is 5.77. The van der Waals surface area contributed by atoms with Gasteiger partial charge in [0.05, 0.1) is 18.6 Å². The number of rotatable bonds is 16. The van der Waals surface area contributed by atoms with Gasteiger partial charge in [-0.2, -0.15) is 0 Å². The molecule has 2 N–H and O–H groups in total. The number of hydrogen-bond donors (Lipinski definition) is 1. The number of unbranched alkanes of at least 4 members (excludes halogenated alkanes) is 4. The molecule has 0 aliphatic rings. The van der Waals surface area contributed by atoms with E-state index in [-0.39, 0.29) is 37.7 Å². The maximum atomic E-state index is 12.4. The van der Waals surface area contributed by atoms with Gasteiger partial charge in [-0.3, -0.25) is 9.59 Å². The van der Waals surface area contributed by atoms with E-state index >= 15 is 0 Å². The van der Waals surface area contributed by atoms with E-state index in [9.17, 15) is 19.2 Å². The Kier molecular flexibility index (Phi) is 15.7. The quantitative estimate of drug-likeness (QED) is 0.117. The Labute approximate surface area is 236 Å². The Bertz CT molecular complexity index is 957. The largest absolute Gasteiger partial charge is 0.513 e. The summed E-state index contributed by atoms with van der Waals surface area (Å²) in [5.41, 5.74) is 5.86. The molecule has 0 amide bonds. The van der Waals surface area contributed by atoms with Crippen LogP contribution >= 0.6 is 0 Å². The summed E-state index contributed by atoms with van der Waals surface area (Å²) in [4.78, 5) is 48.8. The first-order valence-corrected chi connectivity index (χ1v) is 13.8. The second kappa shape index (κ2) is 18.1. The highest BCUT2D eigenvalue weighted by Gasteiger charge is 2.26. The second-order valence-electron chi connectivity index (χ2n) is 10.5. The lowest BCUT2D eigenvalue weighted by atomic mass is 9.97. The van der Waals surface area contributed by atoms with Crippen LogP contribution in [0.15, 0.2) is 18.2 Å². The first-order chi connectivity index (χ1) is 18.9. The number of benzene rings is 1. The summed E-state index contributed by atoms with van der Waals surface area (Å²) in [5, 5.41) is 0. The predicted molar refractivity (Wildman–Crippen MR) is 147 cm³/mol. The molecule has 2 atom stereocenters. The van der Waals surface area contributed by atoms with Gasteiger partial charge >= 0.3 is 24.2 Å². The van der Waals surface area contributed by atoms with Gasteiger partial charge in [0, 0.05) is 0 Å². The molecule has 11 heteroatoms. The van der Waals surface area contributed by atoms with Crippen LogP contribution in [0.2, 0.25) is 0 Å². The SMILES string of the molecule is CCCCCOC(=O)Oc1ccc(C[C@H](N)C(=O)OC[C@H](C)OC(=O)C(C)(C)C)cc1OC(=O)OCCCCC. The summed E-state index contributed by atoms with van der Waals surface area (Å²) in [5.74, 6) is -1.26. The molecule has 0 fully saturated rings. The standard InChI is InChI=1S/C29H45NO10/c1-7-9-11-15-35-27(33)39-23-14-13-21(18-24(23)40-28(34)36-16-12-10-8-2)17-22(30)25(31)37-19-20(3)38-26(32)29(4,5)6/h13-14,18,20,22H,7-12,15-17,19,30H2,1-6H3/t20-,22-/m0/s1. The summed E-state index contributed by atoms with van der Waals surface area (Å²) in [6.07, 6.45) is 2.59. The van der Waals surface area contributed by atoms with Crippen LogP contribution < -0.4 is 15.2 Å². The fourth-order valence-corrected chi connectivity index (χ4v) is 3.13. The summed E-state index contributed by atoms with van der Waals surface area (Å²) in [6.45, 7) is 11.1.